The summed E-state index contributed by atoms with van der Waals surface area (Å²) in [5.74, 6) is 0.787. The zero-order valence-corrected chi connectivity index (χ0v) is 13.6. The molecule has 0 aliphatic heterocycles. The fourth-order valence-electron chi connectivity index (χ4n) is 2.34. The molecular formula is C16H23NS2. The second kappa shape index (κ2) is 7.22. The van der Waals surface area contributed by atoms with Gasteiger partial charge < -0.3 is 5.32 Å². The van der Waals surface area contributed by atoms with Gasteiger partial charge in [0.15, 0.2) is 0 Å². The van der Waals surface area contributed by atoms with Crippen molar-refractivity contribution in [1.82, 2.24) is 5.32 Å². The normalized spacial score (nSPS) is 14.7. The van der Waals surface area contributed by atoms with E-state index >= 15 is 0 Å². The molecule has 0 saturated heterocycles. The molecular weight excluding hydrogens is 270 g/mol. The highest BCUT2D eigenvalue weighted by atomic mass is 32.1. The minimum absolute atomic E-state index is 0.360. The van der Waals surface area contributed by atoms with Crippen LogP contribution in [0.1, 0.15) is 49.4 Å². The fraction of sp³-hybridized carbons (Fsp3) is 0.500. The van der Waals surface area contributed by atoms with Gasteiger partial charge >= 0.3 is 0 Å². The molecule has 3 heteroatoms. The van der Waals surface area contributed by atoms with Crippen molar-refractivity contribution < 1.29 is 0 Å². The molecule has 2 heterocycles. The Morgan fingerprint density at radius 2 is 1.63 bits per heavy atom. The number of thiophene rings is 2. The van der Waals surface area contributed by atoms with Crippen molar-refractivity contribution in [3.8, 4) is 0 Å². The molecule has 1 nitrogen and oxygen atoms in total. The van der Waals surface area contributed by atoms with E-state index in [-0.39, 0.29) is 0 Å². The summed E-state index contributed by atoms with van der Waals surface area (Å²) in [6.45, 7) is 6.91. The van der Waals surface area contributed by atoms with Crippen molar-refractivity contribution in [3.05, 3.63) is 44.8 Å². The van der Waals surface area contributed by atoms with Crippen LogP contribution in [0.3, 0.4) is 0 Å². The monoisotopic (exact) mass is 293 g/mol. The van der Waals surface area contributed by atoms with Gasteiger partial charge in [-0.1, -0.05) is 32.4 Å². The van der Waals surface area contributed by atoms with Crippen LogP contribution in [-0.2, 0) is 0 Å². The summed E-state index contributed by atoms with van der Waals surface area (Å²) in [6, 6.07) is 9.66. The Morgan fingerprint density at radius 3 is 2.05 bits per heavy atom. The molecule has 0 aromatic carbocycles. The van der Waals surface area contributed by atoms with Crippen LogP contribution in [0.2, 0.25) is 0 Å². The first-order chi connectivity index (χ1) is 9.20. The van der Waals surface area contributed by atoms with Gasteiger partial charge in [-0.3, -0.25) is 0 Å². The zero-order valence-electron chi connectivity index (χ0n) is 11.9. The van der Waals surface area contributed by atoms with E-state index in [1.54, 1.807) is 0 Å². The largest absolute Gasteiger partial charge is 0.302 e. The van der Waals surface area contributed by atoms with Gasteiger partial charge in [-0.25, -0.2) is 0 Å². The van der Waals surface area contributed by atoms with E-state index in [1.807, 2.05) is 22.7 Å². The highest BCUT2D eigenvalue weighted by Gasteiger charge is 2.19. The van der Waals surface area contributed by atoms with Crippen molar-refractivity contribution in [2.24, 2.45) is 5.92 Å². The maximum atomic E-state index is 3.81. The molecule has 2 aromatic heterocycles. The molecule has 0 fully saturated rings. The summed E-state index contributed by atoms with van der Waals surface area (Å²) < 4.78 is 0. The van der Waals surface area contributed by atoms with Crippen molar-refractivity contribution in [2.45, 2.75) is 45.7 Å². The van der Waals surface area contributed by atoms with E-state index in [0.29, 0.717) is 12.1 Å². The minimum Gasteiger partial charge on any atom is -0.302 e. The van der Waals surface area contributed by atoms with Gasteiger partial charge in [0.05, 0.1) is 6.04 Å². The third kappa shape index (κ3) is 4.16. The van der Waals surface area contributed by atoms with Crippen LogP contribution in [0.4, 0.5) is 0 Å². The summed E-state index contributed by atoms with van der Waals surface area (Å²) in [6.07, 6.45) is 2.50. The van der Waals surface area contributed by atoms with Crippen LogP contribution in [0.15, 0.2) is 35.0 Å². The zero-order chi connectivity index (χ0) is 13.7. The van der Waals surface area contributed by atoms with Gasteiger partial charge in [0.2, 0.25) is 0 Å². The van der Waals surface area contributed by atoms with Crippen molar-refractivity contribution in [1.29, 1.82) is 0 Å². The summed E-state index contributed by atoms with van der Waals surface area (Å²) in [4.78, 5) is 2.83. The third-order valence-corrected chi connectivity index (χ3v) is 5.43. The van der Waals surface area contributed by atoms with Gasteiger partial charge in [0, 0.05) is 15.8 Å². The number of hydrogen-bond acceptors (Lipinski definition) is 3. The molecule has 19 heavy (non-hydrogen) atoms. The number of nitrogens with one attached hydrogen (secondary N) is 1. The summed E-state index contributed by atoms with van der Waals surface area (Å²) in [5.41, 5.74) is 0. The third-order valence-electron chi connectivity index (χ3n) is 3.56. The van der Waals surface area contributed by atoms with Crippen LogP contribution in [0, 0.1) is 5.92 Å². The number of rotatable bonds is 7. The Bertz CT molecular complexity index is 413. The fourth-order valence-corrected chi connectivity index (χ4v) is 4.02. The molecule has 2 aromatic rings. The van der Waals surface area contributed by atoms with Crippen LogP contribution < -0.4 is 5.32 Å². The summed E-state index contributed by atoms with van der Waals surface area (Å²) >= 11 is 3.68. The molecule has 0 aliphatic rings. The SMILES string of the molecule is CCC(C)CC(C)NC(c1cccs1)c1cccs1. The quantitative estimate of drug-likeness (QED) is 0.729. The molecule has 2 atom stereocenters. The highest BCUT2D eigenvalue weighted by molar-refractivity contribution is 7.11. The predicted octanol–water partition coefficient (Wildman–Crippen LogP) is 5.31. The molecule has 2 rings (SSSR count). The van der Waals surface area contributed by atoms with Crippen LogP contribution in [0.5, 0.6) is 0 Å². The highest BCUT2D eigenvalue weighted by Crippen LogP contribution is 2.30. The van der Waals surface area contributed by atoms with Crippen LogP contribution >= 0.6 is 22.7 Å². The molecule has 0 spiro atoms. The molecule has 0 aliphatic carbocycles. The number of hydrogen-bond donors (Lipinski definition) is 1. The lowest BCUT2D eigenvalue weighted by Crippen LogP contribution is -2.31. The molecule has 1 N–H and O–H groups in total. The Morgan fingerprint density at radius 1 is 1.05 bits per heavy atom. The predicted molar refractivity (Wildman–Crippen MR) is 87.2 cm³/mol. The van der Waals surface area contributed by atoms with Gasteiger partial charge in [0.25, 0.3) is 0 Å². The average molecular weight is 294 g/mol. The standard InChI is InChI=1S/C16H23NS2/c1-4-12(2)11-13(3)17-16(14-7-5-9-18-14)15-8-6-10-19-15/h5-10,12-13,16-17H,4,11H2,1-3H3. The van der Waals surface area contributed by atoms with E-state index in [0.717, 1.165) is 5.92 Å². The van der Waals surface area contributed by atoms with E-state index in [9.17, 15) is 0 Å². The topological polar surface area (TPSA) is 12.0 Å². The van der Waals surface area contributed by atoms with Crippen LogP contribution in [0.25, 0.3) is 0 Å². The second-order valence-electron chi connectivity index (χ2n) is 5.28. The Balaban J connectivity index is 2.07. The van der Waals surface area contributed by atoms with Gasteiger partial charge in [0.1, 0.15) is 0 Å². The molecule has 104 valence electrons. The minimum atomic E-state index is 0.360. The maximum absolute atomic E-state index is 3.81. The van der Waals surface area contributed by atoms with E-state index in [2.05, 4.69) is 61.1 Å². The van der Waals surface area contributed by atoms with Gasteiger partial charge in [-0.2, -0.15) is 0 Å². The van der Waals surface area contributed by atoms with Crippen molar-refractivity contribution in [3.63, 3.8) is 0 Å². The summed E-state index contributed by atoms with van der Waals surface area (Å²) in [7, 11) is 0. The Hall–Kier alpha value is -0.640. The molecule has 0 radical (unpaired) electrons. The van der Waals surface area contributed by atoms with E-state index in [1.165, 1.54) is 22.6 Å². The second-order valence-corrected chi connectivity index (χ2v) is 7.24. The average Bonchev–Trinajstić information content (AvgIpc) is 3.08. The molecule has 0 bridgehead atoms. The first kappa shape index (κ1) is 14.8. The first-order valence-corrected chi connectivity index (χ1v) is 8.79. The molecule has 2 unspecified atom stereocenters. The lowest BCUT2D eigenvalue weighted by molar-refractivity contribution is 0.397. The van der Waals surface area contributed by atoms with Gasteiger partial charge in [-0.15, -0.1) is 22.7 Å². The molecule has 0 amide bonds. The van der Waals surface area contributed by atoms with E-state index < -0.39 is 0 Å². The summed E-state index contributed by atoms with van der Waals surface area (Å²) in [5, 5.41) is 8.14. The van der Waals surface area contributed by atoms with Crippen molar-refractivity contribution in [2.75, 3.05) is 0 Å². The lowest BCUT2D eigenvalue weighted by atomic mass is 9.99. The van der Waals surface area contributed by atoms with Crippen LogP contribution in [-0.4, -0.2) is 6.04 Å². The molecule has 0 saturated carbocycles. The van der Waals surface area contributed by atoms with Crippen molar-refractivity contribution >= 4 is 22.7 Å². The maximum Gasteiger partial charge on any atom is 0.0766 e. The lowest BCUT2D eigenvalue weighted by Gasteiger charge is -2.23. The van der Waals surface area contributed by atoms with Gasteiger partial charge in [-0.05, 0) is 42.2 Å². The Kier molecular flexibility index (Phi) is 5.61. The smallest absolute Gasteiger partial charge is 0.0766 e. The Labute approximate surface area is 124 Å². The first-order valence-electron chi connectivity index (χ1n) is 7.03. The van der Waals surface area contributed by atoms with E-state index in [4.69, 9.17) is 0 Å².